The van der Waals surface area contributed by atoms with Crippen LogP contribution >= 0.6 is 0 Å². The van der Waals surface area contributed by atoms with Crippen LogP contribution in [0.5, 0.6) is 0 Å². The molecule has 0 saturated heterocycles. The molecule has 5 nitrogen and oxygen atoms in total. The van der Waals surface area contributed by atoms with Crippen LogP contribution < -0.4 is 0 Å². The van der Waals surface area contributed by atoms with Gasteiger partial charge in [0.25, 0.3) is 0 Å². The number of allylic oxidation sites excluding steroid dienone is 1. The molecule has 50 heavy (non-hydrogen) atoms. The molecule has 1 aliphatic rings. The monoisotopic (exact) mass is 639 g/mol. The highest BCUT2D eigenvalue weighted by atomic mass is 15.0. The van der Waals surface area contributed by atoms with Gasteiger partial charge in [-0.2, -0.15) is 10.5 Å². The van der Waals surface area contributed by atoms with E-state index in [-0.39, 0.29) is 0 Å². The van der Waals surface area contributed by atoms with Crippen molar-refractivity contribution < 1.29 is 0 Å². The van der Waals surface area contributed by atoms with E-state index in [2.05, 4.69) is 148 Å². The van der Waals surface area contributed by atoms with Crippen LogP contribution in [0.2, 0.25) is 0 Å². The van der Waals surface area contributed by atoms with Gasteiger partial charge in [-0.05, 0) is 103 Å². The molecular formula is C45H29N5. The maximum absolute atomic E-state index is 9.72. The molecule has 0 radical (unpaired) electrons. The van der Waals surface area contributed by atoms with Crippen molar-refractivity contribution in [2.45, 2.75) is 13.3 Å². The van der Waals surface area contributed by atoms with Crippen LogP contribution in [-0.2, 0) is 6.42 Å². The van der Waals surface area contributed by atoms with Gasteiger partial charge in [0, 0.05) is 55.3 Å². The summed E-state index contributed by atoms with van der Waals surface area (Å²) in [6.07, 6.45) is 5.44. The van der Waals surface area contributed by atoms with Crippen molar-refractivity contribution in [1.82, 2.24) is 13.7 Å². The van der Waals surface area contributed by atoms with E-state index in [1.165, 1.54) is 16.6 Å². The molecule has 0 saturated carbocycles. The Morgan fingerprint density at radius 1 is 0.500 bits per heavy atom. The summed E-state index contributed by atoms with van der Waals surface area (Å²) in [6.45, 7) is 2.26. The van der Waals surface area contributed by atoms with Gasteiger partial charge in [0.2, 0.25) is 0 Å². The molecule has 234 valence electrons. The Balaban J connectivity index is 1.28. The van der Waals surface area contributed by atoms with Gasteiger partial charge in [-0.3, -0.25) is 0 Å². The highest BCUT2D eigenvalue weighted by molar-refractivity contribution is 6.13. The second-order valence-corrected chi connectivity index (χ2v) is 13.4. The van der Waals surface area contributed by atoms with Crippen LogP contribution in [0.25, 0.3) is 77.7 Å². The summed E-state index contributed by atoms with van der Waals surface area (Å²) in [5, 5.41) is 25.0. The molecule has 0 fully saturated rings. The predicted molar refractivity (Wildman–Crippen MR) is 203 cm³/mol. The smallest absolute Gasteiger partial charge is 0.0991 e. The van der Waals surface area contributed by atoms with Crippen molar-refractivity contribution >= 4 is 60.6 Å². The molecule has 0 spiro atoms. The average molecular weight is 640 g/mol. The number of hydrogen-bond acceptors (Lipinski definition) is 2. The maximum atomic E-state index is 9.72. The van der Waals surface area contributed by atoms with E-state index < -0.39 is 0 Å². The molecule has 0 N–H and O–H groups in total. The molecule has 9 aromatic rings. The normalized spacial score (nSPS) is 14.1. The van der Waals surface area contributed by atoms with Crippen molar-refractivity contribution in [2.24, 2.45) is 5.92 Å². The zero-order valence-corrected chi connectivity index (χ0v) is 27.3. The fourth-order valence-corrected chi connectivity index (χ4v) is 8.21. The lowest BCUT2D eigenvalue weighted by molar-refractivity contribution is 0.691. The SMILES string of the molecule is CC1C=Cc2c(n(-c3ccc4c(c3)c3cc(-n5c6ccccc6c6cc(C#N)ccc65)ccc3n4-c3ccccc3)c3ccc(C#N)cc23)C1. The quantitative estimate of drug-likeness (QED) is 0.193. The van der Waals surface area contributed by atoms with E-state index in [9.17, 15) is 10.5 Å². The van der Waals surface area contributed by atoms with Crippen molar-refractivity contribution in [2.75, 3.05) is 0 Å². The molecule has 0 bridgehead atoms. The summed E-state index contributed by atoms with van der Waals surface area (Å²) in [7, 11) is 0. The molecule has 1 unspecified atom stereocenters. The fraction of sp³-hybridized carbons (Fsp3) is 0.0667. The van der Waals surface area contributed by atoms with E-state index in [1.807, 2.05) is 24.3 Å². The minimum atomic E-state index is 0.419. The molecular weight excluding hydrogens is 611 g/mol. The van der Waals surface area contributed by atoms with Crippen LogP contribution in [0, 0.1) is 28.6 Å². The lowest BCUT2D eigenvalue weighted by Gasteiger charge is -2.17. The van der Waals surface area contributed by atoms with Gasteiger partial charge in [-0.15, -0.1) is 0 Å². The Morgan fingerprint density at radius 3 is 1.70 bits per heavy atom. The van der Waals surface area contributed by atoms with Gasteiger partial charge in [0.15, 0.2) is 0 Å². The van der Waals surface area contributed by atoms with Gasteiger partial charge >= 0.3 is 0 Å². The third-order valence-corrected chi connectivity index (χ3v) is 10.4. The van der Waals surface area contributed by atoms with Crippen LogP contribution in [0.3, 0.4) is 0 Å². The summed E-state index contributed by atoms with van der Waals surface area (Å²) < 4.78 is 7.08. The lowest BCUT2D eigenvalue weighted by Crippen LogP contribution is -2.08. The summed E-state index contributed by atoms with van der Waals surface area (Å²) in [6, 6.07) is 49.3. The standard InChI is InChI=1S/C45H29N5/c1-28-11-16-35-37-23-30(27-47)13-18-42(37)50(45(35)21-28)33-15-20-44-39(25-33)38-24-32(14-19-43(38)48(44)31-7-3-2-4-8-31)49-40-10-6-5-9-34(40)36-22-29(26-46)12-17-41(36)49/h2-20,22-25,28H,21H2,1H3. The molecule has 0 amide bonds. The lowest BCUT2D eigenvalue weighted by atomic mass is 9.94. The molecule has 10 rings (SSSR count). The number of benzene rings is 6. The van der Waals surface area contributed by atoms with Gasteiger partial charge in [0.1, 0.15) is 0 Å². The van der Waals surface area contributed by atoms with E-state index >= 15 is 0 Å². The third-order valence-electron chi connectivity index (χ3n) is 10.4. The van der Waals surface area contributed by atoms with Crippen molar-refractivity contribution in [3.05, 3.63) is 156 Å². The van der Waals surface area contributed by atoms with Crippen LogP contribution in [0.1, 0.15) is 29.3 Å². The van der Waals surface area contributed by atoms with Crippen molar-refractivity contribution in [3.63, 3.8) is 0 Å². The molecule has 0 aliphatic heterocycles. The Labute approximate surface area is 288 Å². The summed E-state index contributed by atoms with van der Waals surface area (Å²) >= 11 is 0. The third kappa shape index (κ3) is 3.98. The number of rotatable bonds is 3. The Hall–Kier alpha value is -6.82. The first-order valence-corrected chi connectivity index (χ1v) is 16.9. The number of nitriles is 2. The van der Waals surface area contributed by atoms with E-state index in [1.54, 1.807) is 0 Å². The fourth-order valence-electron chi connectivity index (χ4n) is 8.21. The summed E-state index contributed by atoms with van der Waals surface area (Å²) in [5.74, 6) is 0.419. The van der Waals surface area contributed by atoms with E-state index in [4.69, 9.17) is 0 Å². The highest BCUT2D eigenvalue weighted by Gasteiger charge is 2.23. The molecule has 1 aliphatic carbocycles. The second-order valence-electron chi connectivity index (χ2n) is 13.4. The Kier molecular flexibility index (Phi) is 5.98. The zero-order chi connectivity index (χ0) is 33.5. The minimum Gasteiger partial charge on any atom is -0.313 e. The maximum Gasteiger partial charge on any atom is 0.0991 e. The molecule has 1 atom stereocenters. The molecule has 3 heterocycles. The van der Waals surface area contributed by atoms with Crippen molar-refractivity contribution in [3.8, 4) is 29.2 Å². The van der Waals surface area contributed by atoms with E-state index in [0.717, 1.165) is 72.6 Å². The number of nitrogens with zero attached hydrogens (tertiary/aromatic N) is 5. The number of fused-ring (bicyclic) bond motifs is 9. The molecule has 6 aromatic carbocycles. The average Bonchev–Trinajstić information content (AvgIpc) is 3.79. The van der Waals surface area contributed by atoms with E-state index in [0.29, 0.717) is 17.0 Å². The number of hydrogen-bond donors (Lipinski definition) is 0. The molecule has 3 aromatic heterocycles. The predicted octanol–water partition coefficient (Wildman–Crippen LogP) is 10.8. The largest absolute Gasteiger partial charge is 0.313 e. The summed E-state index contributed by atoms with van der Waals surface area (Å²) in [4.78, 5) is 0. The Bertz CT molecular complexity index is 2990. The van der Waals surface area contributed by atoms with Gasteiger partial charge in [-0.25, -0.2) is 0 Å². The summed E-state index contributed by atoms with van der Waals surface area (Å²) in [5.41, 5.74) is 12.7. The number of aromatic nitrogens is 3. The first kappa shape index (κ1) is 28.2. The van der Waals surface area contributed by atoms with Gasteiger partial charge < -0.3 is 13.7 Å². The second kappa shape index (κ2) is 10.6. The first-order chi connectivity index (χ1) is 24.6. The van der Waals surface area contributed by atoms with Gasteiger partial charge in [-0.1, -0.05) is 55.5 Å². The minimum absolute atomic E-state index is 0.419. The van der Waals surface area contributed by atoms with Crippen molar-refractivity contribution in [1.29, 1.82) is 10.5 Å². The molecule has 5 heteroatoms. The van der Waals surface area contributed by atoms with Crippen LogP contribution in [0.4, 0.5) is 0 Å². The van der Waals surface area contributed by atoms with Crippen LogP contribution in [-0.4, -0.2) is 13.7 Å². The number of para-hydroxylation sites is 2. The highest BCUT2D eigenvalue weighted by Crippen LogP contribution is 2.40. The first-order valence-electron chi connectivity index (χ1n) is 16.9. The topological polar surface area (TPSA) is 62.4 Å². The van der Waals surface area contributed by atoms with Gasteiger partial charge in [0.05, 0.1) is 50.8 Å². The zero-order valence-electron chi connectivity index (χ0n) is 27.3. The Morgan fingerprint density at radius 2 is 1.02 bits per heavy atom. The van der Waals surface area contributed by atoms with Crippen LogP contribution in [0.15, 0.2) is 133 Å².